The zero-order chi connectivity index (χ0) is 17.1. The molecule has 23 heavy (non-hydrogen) atoms. The van der Waals surface area contributed by atoms with Crippen LogP contribution < -0.4 is 15.4 Å². The molecule has 130 valence electrons. The predicted molar refractivity (Wildman–Crippen MR) is 85.7 cm³/mol. The molecule has 0 aliphatic rings. The largest absolute Gasteiger partial charge is 0.484 e. The molecule has 0 amide bonds. The summed E-state index contributed by atoms with van der Waals surface area (Å²) in [6.45, 7) is 4.89. The summed E-state index contributed by atoms with van der Waals surface area (Å²) in [4.78, 5) is 4.44. The highest BCUT2D eigenvalue weighted by molar-refractivity contribution is 5.79. The fraction of sp³-hybridized carbons (Fsp3) is 0.562. The zero-order valence-corrected chi connectivity index (χ0v) is 13.5. The summed E-state index contributed by atoms with van der Waals surface area (Å²) in [6, 6.07) is 6.47. The van der Waals surface area contributed by atoms with Crippen LogP contribution in [0.3, 0.4) is 0 Å². The number of aliphatic imine (C=N–C) groups is 1. The first-order valence-corrected chi connectivity index (χ1v) is 7.75. The van der Waals surface area contributed by atoms with Crippen molar-refractivity contribution in [1.82, 2.24) is 10.6 Å². The van der Waals surface area contributed by atoms with Gasteiger partial charge in [0.25, 0.3) is 0 Å². The lowest BCUT2D eigenvalue weighted by molar-refractivity contribution is -0.153. The molecule has 1 aromatic rings. The van der Waals surface area contributed by atoms with E-state index in [1.54, 1.807) is 12.1 Å². The number of hydrogen-bond acceptors (Lipinski definition) is 2. The van der Waals surface area contributed by atoms with Crippen molar-refractivity contribution in [2.75, 3.05) is 19.7 Å². The van der Waals surface area contributed by atoms with Crippen molar-refractivity contribution in [3.05, 3.63) is 29.8 Å². The van der Waals surface area contributed by atoms with Crippen LogP contribution in [-0.4, -0.2) is 31.8 Å². The number of nitrogens with one attached hydrogen (secondary N) is 2. The van der Waals surface area contributed by atoms with Crippen LogP contribution in [-0.2, 0) is 6.54 Å². The Balaban J connectivity index is 2.53. The standard InChI is InChI=1S/C16H24F3N3O/c1-3-5-10-21-15(20-4-2)22-11-13-6-8-14(9-7-13)23-12-16(17,18)19/h6-9H,3-5,10-12H2,1-2H3,(H2,20,21,22). The molecule has 1 aromatic carbocycles. The number of benzene rings is 1. The number of alkyl halides is 3. The first-order chi connectivity index (χ1) is 10.9. The van der Waals surface area contributed by atoms with Gasteiger partial charge in [-0.2, -0.15) is 13.2 Å². The molecular formula is C16H24F3N3O. The fourth-order valence-corrected chi connectivity index (χ4v) is 1.75. The normalized spacial score (nSPS) is 12.1. The Bertz CT molecular complexity index is 472. The van der Waals surface area contributed by atoms with Crippen molar-refractivity contribution in [2.45, 2.75) is 39.4 Å². The number of hydrogen-bond donors (Lipinski definition) is 2. The summed E-state index contributed by atoms with van der Waals surface area (Å²) in [7, 11) is 0. The van der Waals surface area contributed by atoms with E-state index in [0.29, 0.717) is 6.54 Å². The van der Waals surface area contributed by atoms with E-state index >= 15 is 0 Å². The molecule has 0 radical (unpaired) electrons. The van der Waals surface area contributed by atoms with Gasteiger partial charge in [0.1, 0.15) is 5.75 Å². The zero-order valence-electron chi connectivity index (χ0n) is 13.5. The van der Waals surface area contributed by atoms with E-state index in [-0.39, 0.29) is 5.75 Å². The smallest absolute Gasteiger partial charge is 0.422 e. The maximum Gasteiger partial charge on any atom is 0.422 e. The molecule has 0 bridgehead atoms. The second-order valence-corrected chi connectivity index (χ2v) is 5.02. The molecule has 0 heterocycles. The van der Waals surface area contributed by atoms with Crippen LogP contribution in [0.1, 0.15) is 32.3 Å². The molecule has 1 rings (SSSR count). The van der Waals surface area contributed by atoms with Gasteiger partial charge < -0.3 is 15.4 Å². The topological polar surface area (TPSA) is 45.7 Å². The maximum absolute atomic E-state index is 12.1. The molecular weight excluding hydrogens is 307 g/mol. The minimum atomic E-state index is -4.33. The van der Waals surface area contributed by atoms with Crippen molar-refractivity contribution in [1.29, 1.82) is 0 Å². The lowest BCUT2D eigenvalue weighted by atomic mass is 10.2. The fourth-order valence-electron chi connectivity index (χ4n) is 1.75. The van der Waals surface area contributed by atoms with Crippen LogP contribution in [0.25, 0.3) is 0 Å². The predicted octanol–water partition coefficient (Wildman–Crippen LogP) is 3.48. The lowest BCUT2D eigenvalue weighted by Crippen LogP contribution is -2.37. The Morgan fingerprint density at radius 3 is 2.39 bits per heavy atom. The van der Waals surface area contributed by atoms with Gasteiger partial charge in [0, 0.05) is 13.1 Å². The van der Waals surface area contributed by atoms with Crippen molar-refractivity contribution in [2.24, 2.45) is 4.99 Å². The van der Waals surface area contributed by atoms with E-state index in [2.05, 4.69) is 27.3 Å². The van der Waals surface area contributed by atoms with E-state index in [1.807, 2.05) is 6.92 Å². The Kier molecular flexibility index (Phi) is 8.29. The number of unbranched alkanes of at least 4 members (excludes halogenated alkanes) is 1. The number of halogens is 3. The number of guanidine groups is 1. The van der Waals surface area contributed by atoms with Gasteiger partial charge in [-0.3, -0.25) is 0 Å². The quantitative estimate of drug-likeness (QED) is 0.435. The minimum Gasteiger partial charge on any atom is -0.484 e. The molecule has 0 saturated heterocycles. The second-order valence-electron chi connectivity index (χ2n) is 5.02. The van der Waals surface area contributed by atoms with Crippen molar-refractivity contribution < 1.29 is 17.9 Å². The van der Waals surface area contributed by atoms with E-state index in [0.717, 1.165) is 37.5 Å². The number of rotatable bonds is 8. The van der Waals surface area contributed by atoms with Gasteiger partial charge in [0.2, 0.25) is 0 Å². The molecule has 0 aliphatic carbocycles. The van der Waals surface area contributed by atoms with Gasteiger partial charge in [-0.05, 0) is 31.0 Å². The third kappa shape index (κ3) is 8.95. The Labute approximate surface area is 135 Å². The van der Waals surface area contributed by atoms with Gasteiger partial charge in [-0.1, -0.05) is 25.5 Å². The number of nitrogens with zero attached hydrogens (tertiary/aromatic N) is 1. The Morgan fingerprint density at radius 1 is 1.13 bits per heavy atom. The number of ether oxygens (including phenoxy) is 1. The molecule has 0 fully saturated rings. The average Bonchev–Trinajstić information content (AvgIpc) is 2.51. The molecule has 0 aromatic heterocycles. The van der Waals surface area contributed by atoms with Crippen LogP contribution in [0.5, 0.6) is 5.75 Å². The molecule has 0 aliphatic heterocycles. The summed E-state index contributed by atoms with van der Waals surface area (Å²) in [5.74, 6) is 0.932. The summed E-state index contributed by atoms with van der Waals surface area (Å²) in [6.07, 6.45) is -2.16. The molecule has 0 saturated carbocycles. The van der Waals surface area contributed by atoms with Gasteiger partial charge in [0.05, 0.1) is 6.54 Å². The van der Waals surface area contributed by atoms with E-state index in [4.69, 9.17) is 0 Å². The summed E-state index contributed by atoms with van der Waals surface area (Å²) in [5.41, 5.74) is 0.900. The summed E-state index contributed by atoms with van der Waals surface area (Å²) in [5, 5.41) is 6.38. The second kappa shape index (κ2) is 9.97. The van der Waals surface area contributed by atoms with Crippen LogP contribution in [0.4, 0.5) is 13.2 Å². The Hall–Kier alpha value is -1.92. The SMILES string of the molecule is CCCCNC(=NCc1ccc(OCC(F)(F)F)cc1)NCC. The van der Waals surface area contributed by atoms with E-state index in [9.17, 15) is 13.2 Å². The molecule has 7 heteroatoms. The van der Waals surface area contributed by atoms with Crippen molar-refractivity contribution >= 4 is 5.96 Å². The molecule has 0 atom stereocenters. The van der Waals surface area contributed by atoms with Crippen molar-refractivity contribution in [3.8, 4) is 5.75 Å². The van der Waals surface area contributed by atoms with Crippen molar-refractivity contribution in [3.63, 3.8) is 0 Å². The highest BCUT2D eigenvalue weighted by atomic mass is 19.4. The van der Waals surface area contributed by atoms with Gasteiger partial charge in [-0.15, -0.1) is 0 Å². The highest BCUT2D eigenvalue weighted by Gasteiger charge is 2.28. The van der Waals surface area contributed by atoms with Gasteiger partial charge in [0.15, 0.2) is 12.6 Å². The van der Waals surface area contributed by atoms with Crippen LogP contribution in [0.2, 0.25) is 0 Å². The first-order valence-electron chi connectivity index (χ1n) is 7.75. The first kappa shape index (κ1) is 19.1. The highest BCUT2D eigenvalue weighted by Crippen LogP contribution is 2.19. The monoisotopic (exact) mass is 331 g/mol. The maximum atomic E-state index is 12.1. The third-order valence-corrected chi connectivity index (χ3v) is 2.91. The lowest BCUT2D eigenvalue weighted by Gasteiger charge is -2.11. The molecule has 0 spiro atoms. The Morgan fingerprint density at radius 2 is 1.83 bits per heavy atom. The summed E-state index contributed by atoms with van der Waals surface area (Å²) < 4.78 is 40.9. The molecule has 4 nitrogen and oxygen atoms in total. The van der Waals surface area contributed by atoms with E-state index in [1.165, 1.54) is 12.1 Å². The third-order valence-electron chi connectivity index (χ3n) is 2.91. The molecule has 2 N–H and O–H groups in total. The van der Waals surface area contributed by atoms with Gasteiger partial charge in [-0.25, -0.2) is 4.99 Å². The minimum absolute atomic E-state index is 0.197. The summed E-state index contributed by atoms with van der Waals surface area (Å²) >= 11 is 0. The van der Waals surface area contributed by atoms with Crippen LogP contribution in [0.15, 0.2) is 29.3 Å². The van der Waals surface area contributed by atoms with Gasteiger partial charge >= 0.3 is 6.18 Å². The van der Waals surface area contributed by atoms with Crippen LogP contribution in [0, 0.1) is 0 Å². The average molecular weight is 331 g/mol. The van der Waals surface area contributed by atoms with Crippen LogP contribution >= 0.6 is 0 Å². The molecule has 0 unspecified atom stereocenters. The van der Waals surface area contributed by atoms with E-state index < -0.39 is 12.8 Å².